The summed E-state index contributed by atoms with van der Waals surface area (Å²) in [6, 6.07) is 11.7. The van der Waals surface area contributed by atoms with Crippen LogP contribution in [0.3, 0.4) is 0 Å². The number of carbonyl (C=O) groups is 1. The van der Waals surface area contributed by atoms with Crippen molar-refractivity contribution in [3.05, 3.63) is 54.6 Å². The van der Waals surface area contributed by atoms with Gasteiger partial charge in [-0.2, -0.15) is 0 Å². The summed E-state index contributed by atoms with van der Waals surface area (Å²) >= 11 is 0. The van der Waals surface area contributed by atoms with E-state index in [0.29, 0.717) is 32.1 Å². The second kappa shape index (κ2) is 7.81. The van der Waals surface area contributed by atoms with Gasteiger partial charge in [-0.05, 0) is 24.3 Å². The summed E-state index contributed by atoms with van der Waals surface area (Å²) < 4.78 is 12.1. The summed E-state index contributed by atoms with van der Waals surface area (Å²) in [4.78, 5) is 26.4. The average Bonchev–Trinajstić information content (AvgIpc) is 3.29. The molecule has 1 amide bonds. The van der Waals surface area contributed by atoms with Crippen molar-refractivity contribution >= 4 is 22.6 Å². The van der Waals surface area contributed by atoms with Gasteiger partial charge in [-0.15, -0.1) is 0 Å². The molecule has 29 heavy (non-hydrogen) atoms. The predicted molar refractivity (Wildman–Crippen MR) is 108 cm³/mol. The minimum absolute atomic E-state index is 0.0364. The summed E-state index contributed by atoms with van der Waals surface area (Å²) in [5.41, 5.74) is 2.76. The molecule has 150 valence electrons. The van der Waals surface area contributed by atoms with Crippen molar-refractivity contribution < 1.29 is 14.3 Å². The van der Waals surface area contributed by atoms with Gasteiger partial charge >= 0.3 is 0 Å². The van der Waals surface area contributed by atoms with Crippen LogP contribution in [-0.4, -0.2) is 70.3 Å². The zero-order chi connectivity index (χ0) is 19.6. The van der Waals surface area contributed by atoms with Gasteiger partial charge in [-0.1, -0.05) is 12.1 Å². The predicted octanol–water partition coefficient (Wildman–Crippen LogP) is 1.61. The highest BCUT2D eigenvalue weighted by atomic mass is 16.6. The lowest BCUT2D eigenvalue weighted by Gasteiger charge is -2.19. The van der Waals surface area contributed by atoms with E-state index >= 15 is 0 Å². The topological polar surface area (TPSA) is 92.4 Å². The monoisotopic (exact) mass is 393 g/mol. The number of rotatable bonds is 4. The van der Waals surface area contributed by atoms with Crippen LogP contribution in [0.4, 0.5) is 5.69 Å². The molecule has 2 atom stereocenters. The number of nitrogens with one attached hydrogen (secondary N) is 2. The molecule has 2 aromatic heterocycles. The molecular weight excluding hydrogens is 370 g/mol. The van der Waals surface area contributed by atoms with E-state index in [9.17, 15) is 4.79 Å². The minimum atomic E-state index is -0.102. The smallest absolute Gasteiger partial charge is 0.230 e. The number of H-pyrrole nitrogens is 1. The van der Waals surface area contributed by atoms with Crippen LogP contribution in [0, 0.1) is 0 Å². The number of imidazole rings is 1. The summed E-state index contributed by atoms with van der Waals surface area (Å²) in [5, 5.41) is 3.38. The van der Waals surface area contributed by atoms with E-state index in [4.69, 9.17) is 9.47 Å². The molecule has 0 saturated carbocycles. The van der Waals surface area contributed by atoms with E-state index in [1.807, 2.05) is 41.3 Å². The highest BCUT2D eigenvalue weighted by Crippen LogP contribution is 2.22. The van der Waals surface area contributed by atoms with E-state index < -0.39 is 0 Å². The molecule has 2 aliphatic heterocycles. The van der Waals surface area contributed by atoms with E-state index in [2.05, 4.69) is 20.3 Å². The van der Waals surface area contributed by atoms with Gasteiger partial charge in [0.05, 0.1) is 42.4 Å². The number of benzene rings is 1. The highest BCUT2D eigenvalue weighted by Gasteiger charge is 2.39. The normalized spacial score (nSPS) is 22.4. The van der Waals surface area contributed by atoms with Gasteiger partial charge in [0.15, 0.2) is 0 Å². The van der Waals surface area contributed by atoms with Crippen LogP contribution in [0.2, 0.25) is 0 Å². The fourth-order valence-corrected chi connectivity index (χ4v) is 3.91. The fourth-order valence-electron chi connectivity index (χ4n) is 3.91. The molecule has 0 bridgehead atoms. The van der Waals surface area contributed by atoms with Crippen molar-refractivity contribution in [1.29, 1.82) is 0 Å². The number of hydrogen-bond acceptors (Lipinski definition) is 6. The molecule has 0 aliphatic carbocycles. The standard InChI is InChI=1S/C21H23N5O3/c27-21(8-20-24-16-5-1-2-6-17(16)25-20)26-10-18-19(11-26)29-13-15(12-28-18)23-14-4-3-7-22-9-14/h1-7,9,15,18-19,23H,8,10-13H2,(H,24,25)/t18-,19-/m0/s1. The molecule has 2 fully saturated rings. The molecule has 1 aromatic carbocycles. The van der Waals surface area contributed by atoms with Crippen LogP contribution in [0.15, 0.2) is 48.8 Å². The number of ether oxygens (including phenoxy) is 2. The van der Waals surface area contributed by atoms with Gasteiger partial charge in [0.25, 0.3) is 0 Å². The number of fused-ring (bicyclic) bond motifs is 2. The van der Waals surface area contributed by atoms with Gasteiger partial charge in [-0.3, -0.25) is 9.78 Å². The molecule has 0 radical (unpaired) electrons. The Morgan fingerprint density at radius 1 is 1.14 bits per heavy atom. The van der Waals surface area contributed by atoms with Crippen molar-refractivity contribution in [3.63, 3.8) is 0 Å². The summed E-state index contributed by atoms with van der Waals surface area (Å²) in [7, 11) is 0. The molecule has 2 saturated heterocycles. The Bertz CT molecular complexity index is 943. The van der Waals surface area contributed by atoms with Crippen molar-refractivity contribution in [3.8, 4) is 0 Å². The number of hydrogen-bond donors (Lipinski definition) is 2. The number of carbonyl (C=O) groups excluding carboxylic acids is 1. The summed E-state index contributed by atoms with van der Waals surface area (Å²) in [6.45, 7) is 2.15. The molecule has 0 spiro atoms. The quantitative estimate of drug-likeness (QED) is 0.700. The first-order valence-corrected chi connectivity index (χ1v) is 9.86. The maximum Gasteiger partial charge on any atom is 0.230 e. The third-order valence-corrected chi connectivity index (χ3v) is 5.38. The van der Waals surface area contributed by atoms with Crippen LogP contribution in [0.5, 0.6) is 0 Å². The first-order valence-electron chi connectivity index (χ1n) is 9.86. The number of pyridine rings is 1. The molecule has 8 nitrogen and oxygen atoms in total. The molecule has 5 rings (SSSR count). The van der Waals surface area contributed by atoms with E-state index in [1.165, 1.54) is 0 Å². The number of para-hydroxylation sites is 2. The first-order chi connectivity index (χ1) is 14.2. The molecular formula is C21H23N5O3. The van der Waals surface area contributed by atoms with E-state index in [-0.39, 0.29) is 30.6 Å². The van der Waals surface area contributed by atoms with Crippen LogP contribution >= 0.6 is 0 Å². The molecule has 0 unspecified atom stereocenters. The zero-order valence-corrected chi connectivity index (χ0v) is 16.0. The van der Waals surface area contributed by atoms with E-state index in [1.54, 1.807) is 12.4 Å². The van der Waals surface area contributed by atoms with E-state index in [0.717, 1.165) is 16.7 Å². The van der Waals surface area contributed by atoms with Crippen molar-refractivity contribution in [2.75, 3.05) is 31.6 Å². The Morgan fingerprint density at radius 3 is 2.66 bits per heavy atom. The third kappa shape index (κ3) is 3.94. The second-order valence-corrected chi connectivity index (χ2v) is 7.50. The van der Waals surface area contributed by atoms with Gasteiger partial charge in [0.1, 0.15) is 18.0 Å². The highest BCUT2D eigenvalue weighted by molar-refractivity contribution is 5.81. The van der Waals surface area contributed by atoms with Crippen LogP contribution < -0.4 is 5.32 Å². The summed E-state index contributed by atoms with van der Waals surface area (Å²) in [6.07, 6.45) is 3.57. The van der Waals surface area contributed by atoms with Crippen LogP contribution in [0.1, 0.15) is 5.82 Å². The fraction of sp³-hybridized carbons (Fsp3) is 0.381. The Labute approximate surface area is 168 Å². The Morgan fingerprint density at radius 2 is 1.93 bits per heavy atom. The maximum absolute atomic E-state index is 12.8. The largest absolute Gasteiger partial charge is 0.376 e. The SMILES string of the molecule is O=C(Cc1nc2ccccc2[nH]1)N1C[C@@H]2OCC(Nc3cccnc3)CO[C@H]2C1. The average molecular weight is 393 g/mol. The molecule has 8 heteroatoms. The Hall–Kier alpha value is -2.97. The number of anilines is 1. The number of nitrogens with zero attached hydrogens (tertiary/aromatic N) is 3. The molecule has 2 aliphatic rings. The van der Waals surface area contributed by atoms with Crippen LogP contribution in [-0.2, 0) is 20.7 Å². The lowest BCUT2D eigenvalue weighted by atomic mass is 10.3. The maximum atomic E-state index is 12.8. The molecule has 3 aromatic rings. The van der Waals surface area contributed by atoms with Gasteiger partial charge in [-0.25, -0.2) is 4.98 Å². The van der Waals surface area contributed by atoms with Gasteiger partial charge < -0.3 is 24.7 Å². The minimum Gasteiger partial charge on any atom is -0.376 e. The van der Waals surface area contributed by atoms with Gasteiger partial charge in [0, 0.05) is 25.5 Å². The second-order valence-electron chi connectivity index (χ2n) is 7.50. The number of aromatic nitrogens is 3. The summed E-state index contributed by atoms with van der Waals surface area (Å²) in [5.74, 6) is 0.722. The van der Waals surface area contributed by atoms with Crippen molar-refractivity contribution in [2.45, 2.75) is 24.7 Å². The number of aromatic amines is 1. The van der Waals surface area contributed by atoms with Crippen LogP contribution in [0.25, 0.3) is 11.0 Å². The van der Waals surface area contributed by atoms with Gasteiger partial charge in [0.2, 0.25) is 5.91 Å². The Kier molecular flexibility index (Phi) is 4.87. The first kappa shape index (κ1) is 18.1. The lowest BCUT2D eigenvalue weighted by Crippen LogP contribution is -2.34. The Balaban J connectivity index is 1.17. The van der Waals surface area contributed by atoms with Crippen molar-refractivity contribution in [1.82, 2.24) is 19.9 Å². The number of amides is 1. The molecule has 4 heterocycles. The third-order valence-electron chi connectivity index (χ3n) is 5.38. The molecule has 2 N–H and O–H groups in total. The lowest BCUT2D eigenvalue weighted by molar-refractivity contribution is -0.130. The number of likely N-dealkylation sites (tertiary alicyclic amines) is 1. The zero-order valence-electron chi connectivity index (χ0n) is 16.0. The van der Waals surface area contributed by atoms with Crippen molar-refractivity contribution in [2.24, 2.45) is 0 Å².